The van der Waals surface area contributed by atoms with E-state index in [1.54, 1.807) is 0 Å². The van der Waals surface area contributed by atoms with Gasteiger partial charge in [0, 0.05) is 49.8 Å². The normalized spacial score (nSPS) is 12.1. The zero-order valence-corrected chi connectivity index (χ0v) is 32.6. The molecular weight excluding hydrogens is 721 g/mol. The van der Waals surface area contributed by atoms with Crippen LogP contribution in [-0.2, 0) is 0 Å². The smallest absolute Gasteiger partial charge is 0.179 e. The minimum atomic E-state index is -2.77. The molecule has 3 heterocycles. The highest BCUT2D eigenvalue weighted by atomic mass is 28.3. The molecule has 0 atom stereocenters. The molecule has 3 nitrogen and oxygen atoms in total. The maximum atomic E-state index is 6.41. The summed E-state index contributed by atoms with van der Waals surface area (Å²) in [4.78, 5) is 0. The van der Waals surface area contributed by atoms with Crippen molar-refractivity contribution in [3.05, 3.63) is 218 Å². The van der Waals surface area contributed by atoms with Crippen molar-refractivity contribution in [1.82, 2.24) is 9.13 Å². The second kappa shape index (κ2) is 12.8. The summed E-state index contributed by atoms with van der Waals surface area (Å²) in [5.74, 6) is 0. The number of para-hydroxylation sites is 3. The number of benzene rings is 9. The van der Waals surface area contributed by atoms with Crippen molar-refractivity contribution in [3.8, 4) is 11.4 Å². The highest BCUT2D eigenvalue weighted by molar-refractivity contribution is 7.20. The standard InChI is InChI=1S/C54H36N2OSi/c1-4-16-39(17-5-1)58(40-18-6-2-7-19-40,41-20-8-3-9-21-41)42-30-33-46-44-23-11-13-25-49(44)55(52(46)36-42)37-28-31-45-43-22-10-14-26-50(43)56(51(45)34-37)38-29-32-48-47-24-12-15-27-53(47)57-54(48)35-38/h1-36H. The lowest BCUT2D eigenvalue weighted by atomic mass is 10.1. The van der Waals surface area contributed by atoms with Crippen LogP contribution >= 0.6 is 0 Å². The number of rotatable bonds is 6. The molecule has 0 saturated carbocycles. The zero-order valence-electron chi connectivity index (χ0n) is 31.6. The lowest BCUT2D eigenvalue weighted by Crippen LogP contribution is -2.74. The number of hydrogen-bond donors (Lipinski definition) is 0. The lowest BCUT2D eigenvalue weighted by Gasteiger charge is -2.34. The van der Waals surface area contributed by atoms with Crippen LogP contribution in [0.25, 0.3) is 76.9 Å². The number of nitrogens with zero attached hydrogens (tertiary/aromatic N) is 2. The Hall–Kier alpha value is -7.40. The van der Waals surface area contributed by atoms with Crippen molar-refractivity contribution >= 4 is 94.4 Å². The quantitative estimate of drug-likeness (QED) is 0.122. The molecule has 9 aromatic carbocycles. The van der Waals surface area contributed by atoms with Gasteiger partial charge in [0.2, 0.25) is 0 Å². The molecule has 12 rings (SSSR count). The average Bonchev–Trinajstić information content (AvgIpc) is 3.94. The molecule has 0 aliphatic heterocycles. The fourth-order valence-electron chi connectivity index (χ4n) is 9.78. The van der Waals surface area contributed by atoms with Crippen LogP contribution in [0.5, 0.6) is 0 Å². The Morgan fingerprint density at radius 1 is 0.276 bits per heavy atom. The van der Waals surface area contributed by atoms with E-state index < -0.39 is 8.07 Å². The Morgan fingerprint density at radius 2 is 0.690 bits per heavy atom. The number of hydrogen-bond acceptors (Lipinski definition) is 1. The second-order valence-electron chi connectivity index (χ2n) is 15.3. The largest absolute Gasteiger partial charge is 0.456 e. The van der Waals surface area contributed by atoms with E-state index in [4.69, 9.17) is 4.42 Å². The summed E-state index contributed by atoms with van der Waals surface area (Å²) in [5, 5.41) is 12.6. The molecule has 58 heavy (non-hydrogen) atoms. The molecule has 12 aromatic rings. The van der Waals surface area contributed by atoms with E-state index in [1.807, 2.05) is 12.1 Å². The number of aromatic nitrogens is 2. The summed E-state index contributed by atoms with van der Waals surface area (Å²) in [5.41, 5.74) is 8.69. The monoisotopic (exact) mass is 756 g/mol. The summed E-state index contributed by atoms with van der Waals surface area (Å²) in [7, 11) is -2.77. The molecule has 0 radical (unpaired) electrons. The molecular formula is C54H36N2OSi. The minimum Gasteiger partial charge on any atom is -0.456 e. The first-order chi connectivity index (χ1) is 28.8. The van der Waals surface area contributed by atoms with Gasteiger partial charge in [-0.15, -0.1) is 0 Å². The Bertz CT molecular complexity index is 3410. The van der Waals surface area contributed by atoms with E-state index in [0.717, 1.165) is 38.8 Å². The van der Waals surface area contributed by atoms with Crippen LogP contribution in [0.15, 0.2) is 223 Å². The molecule has 0 bridgehead atoms. The van der Waals surface area contributed by atoms with Gasteiger partial charge in [0.25, 0.3) is 0 Å². The van der Waals surface area contributed by atoms with Crippen molar-refractivity contribution in [3.63, 3.8) is 0 Å². The summed E-state index contributed by atoms with van der Waals surface area (Å²) < 4.78 is 11.3. The van der Waals surface area contributed by atoms with E-state index in [0.29, 0.717) is 0 Å². The molecule has 0 N–H and O–H groups in total. The first-order valence-electron chi connectivity index (χ1n) is 19.9. The van der Waals surface area contributed by atoms with E-state index in [1.165, 1.54) is 58.8 Å². The van der Waals surface area contributed by atoms with Crippen molar-refractivity contribution in [1.29, 1.82) is 0 Å². The van der Waals surface area contributed by atoms with Crippen LogP contribution in [0.1, 0.15) is 0 Å². The summed E-state index contributed by atoms with van der Waals surface area (Å²) in [6, 6.07) is 80.3. The Morgan fingerprint density at radius 3 is 1.28 bits per heavy atom. The van der Waals surface area contributed by atoms with Gasteiger partial charge in [-0.25, -0.2) is 0 Å². The molecule has 0 aliphatic carbocycles. The highest BCUT2D eigenvalue weighted by Gasteiger charge is 2.41. The lowest BCUT2D eigenvalue weighted by molar-refractivity contribution is 0.668. The molecule has 0 saturated heterocycles. The van der Waals surface area contributed by atoms with Gasteiger partial charge in [-0.1, -0.05) is 164 Å². The summed E-state index contributed by atoms with van der Waals surface area (Å²) >= 11 is 0. The van der Waals surface area contributed by atoms with Crippen LogP contribution in [0.4, 0.5) is 0 Å². The average molecular weight is 757 g/mol. The maximum absolute atomic E-state index is 6.41. The third-order valence-corrected chi connectivity index (χ3v) is 17.0. The SMILES string of the molecule is c1ccc([Si](c2ccccc2)(c2ccccc2)c2ccc3c4ccccc4n(-c4ccc5c6ccccc6n(-c6ccc7c(c6)oc6ccccc67)c5c4)c3c2)cc1. The van der Waals surface area contributed by atoms with Crippen LogP contribution in [0, 0.1) is 0 Å². The topological polar surface area (TPSA) is 23.0 Å². The third-order valence-electron chi connectivity index (χ3n) is 12.3. The van der Waals surface area contributed by atoms with Gasteiger partial charge in [0.05, 0.1) is 22.1 Å². The second-order valence-corrected chi connectivity index (χ2v) is 19.1. The van der Waals surface area contributed by atoms with E-state index >= 15 is 0 Å². The van der Waals surface area contributed by atoms with Gasteiger partial charge >= 0.3 is 0 Å². The zero-order chi connectivity index (χ0) is 38.2. The van der Waals surface area contributed by atoms with Gasteiger partial charge in [-0.05, 0) is 69.3 Å². The van der Waals surface area contributed by atoms with Crippen molar-refractivity contribution in [2.24, 2.45) is 0 Å². The molecule has 0 unspecified atom stereocenters. The van der Waals surface area contributed by atoms with Crippen LogP contribution < -0.4 is 20.7 Å². The Kier molecular flexibility index (Phi) is 7.25. The van der Waals surface area contributed by atoms with Crippen LogP contribution in [0.3, 0.4) is 0 Å². The molecule has 0 fully saturated rings. The number of furan rings is 1. The molecule has 4 heteroatoms. The van der Waals surface area contributed by atoms with E-state index in [9.17, 15) is 0 Å². The Balaban J connectivity index is 1.14. The van der Waals surface area contributed by atoms with Crippen LogP contribution in [0.2, 0.25) is 0 Å². The summed E-state index contributed by atoms with van der Waals surface area (Å²) in [6.45, 7) is 0. The molecule has 3 aromatic heterocycles. The number of fused-ring (bicyclic) bond motifs is 9. The van der Waals surface area contributed by atoms with Gasteiger partial charge in [0.1, 0.15) is 11.2 Å². The van der Waals surface area contributed by atoms with Gasteiger partial charge in [-0.3, -0.25) is 0 Å². The predicted octanol–water partition coefficient (Wildman–Crippen LogP) is 11.2. The fourth-order valence-corrected chi connectivity index (χ4v) is 14.5. The fraction of sp³-hybridized carbons (Fsp3) is 0. The van der Waals surface area contributed by atoms with Crippen molar-refractivity contribution < 1.29 is 4.42 Å². The molecule has 0 aliphatic rings. The summed E-state index contributed by atoms with van der Waals surface area (Å²) in [6.07, 6.45) is 0. The third kappa shape index (κ3) is 4.73. The van der Waals surface area contributed by atoms with E-state index in [-0.39, 0.29) is 0 Å². The predicted molar refractivity (Wildman–Crippen MR) is 246 cm³/mol. The highest BCUT2D eigenvalue weighted by Crippen LogP contribution is 2.38. The van der Waals surface area contributed by atoms with Gasteiger partial charge in [-0.2, -0.15) is 0 Å². The van der Waals surface area contributed by atoms with Gasteiger partial charge < -0.3 is 13.6 Å². The van der Waals surface area contributed by atoms with E-state index in [2.05, 4.69) is 215 Å². The van der Waals surface area contributed by atoms with Crippen molar-refractivity contribution in [2.45, 2.75) is 0 Å². The molecule has 0 spiro atoms. The molecule has 272 valence electrons. The minimum absolute atomic E-state index is 0.888. The van der Waals surface area contributed by atoms with Crippen LogP contribution in [-0.4, -0.2) is 17.2 Å². The first kappa shape index (κ1) is 32.8. The molecule has 0 amide bonds. The first-order valence-corrected chi connectivity index (χ1v) is 21.9. The van der Waals surface area contributed by atoms with Crippen molar-refractivity contribution in [2.75, 3.05) is 0 Å². The Labute approximate surface area is 336 Å². The van der Waals surface area contributed by atoms with Gasteiger partial charge in [0.15, 0.2) is 8.07 Å². The maximum Gasteiger partial charge on any atom is 0.179 e.